The first-order chi connectivity index (χ1) is 8.95. The molecule has 0 aliphatic rings. The summed E-state index contributed by atoms with van der Waals surface area (Å²) in [6.07, 6.45) is 0. The summed E-state index contributed by atoms with van der Waals surface area (Å²) >= 11 is 3.04. The first-order valence-corrected chi connectivity index (χ1v) is 6.02. The number of nitro groups is 1. The minimum absolute atomic E-state index is 0.125. The number of benzene rings is 2. The summed E-state index contributed by atoms with van der Waals surface area (Å²) in [5.41, 5.74) is 6.61. The van der Waals surface area contributed by atoms with E-state index in [0.717, 1.165) is 0 Å². The van der Waals surface area contributed by atoms with Gasteiger partial charge in [0.05, 0.1) is 9.40 Å². The van der Waals surface area contributed by atoms with Crippen LogP contribution < -0.4 is 11.1 Å². The number of hydrogen-bond donors (Lipinski definition) is 2. The fraction of sp³-hybridized carbons (Fsp3) is 0. The number of anilines is 3. The maximum Gasteiger partial charge on any atom is 0.273 e. The quantitative estimate of drug-likeness (QED) is 0.510. The molecule has 0 aliphatic heterocycles. The van der Waals surface area contributed by atoms with Crippen LogP contribution in [0.2, 0.25) is 0 Å². The third-order valence-corrected chi connectivity index (χ3v) is 3.00. The van der Waals surface area contributed by atoms with Gasteiger partial charge in [0.2, 0.25) is 0 Å². The summed E-state index contributed by atoms with van der Waals surface area (Å²) in [5, 5.41) is 13.6. The number of nitrogen functional groups attached to an aromatic ring is 1. The average molecular weight is 326 g/mol. The topological polar surface area (TPSA) is 81.2 Å². The maximum absolute atomic E-state index is 13.3. The molecule has 3 N–H and O–H groups in total. The average Bonchev–Trinajstić information content (AvgIpc) is 2.33. The van der Waals surface area contributed by atoms with Crippen LogP contribution in [-0.4, -0.2) is 4.92 Å². The molecule has 19 heavy (non-hydrogen) atoms. The highest BCUT2D eigenvalue weighted by atomic mass is 79.9. The van der Waals surface area contributed by atoms with Crippen LogP contribution in [0.4, 0.5) is 27.1 Å². The predicted molar refractivity (Wildman–Crippen MR) is 74.9 cm³/mol. The number of rotatable bonds is 3. The van der Waals surface area contributed by atoms with Crippen molar-refractivity contribution >= 4 is 38.7 Å². The highest BCUT2D eigenvalue weighted by Crippen LogP contribution is 2.27. The van der Waals surface area contributed by atoms with Gasteiger partial charge < -0.3 is 11.1 Å². The molecule has 7 heteroatoms. The third-order valence-electron chi connectivity index (χ3n) is 2.36. The lowest BCUT2D eigenvalue weighted by molar-refractivity contribution is -0.384. The molecule has 0 aromatic heterocycles. The van der Waals surface area contributed by atoms with Gasteiger partial charge in [0.25, 0.3) is 5.69 Å². The molecule has 5 nitrogen and oxygen atoms in total. The lowest BCUT2D eigenvalue weighted by atomic mass is 10.2. The molecule has 0 saturated carbocycles. The van der Waals surface area contributed by atoms with Gasteiger partial charge in [-0.15, -0.1) is 0 Å². The second-order valence-corrected chi connectivity index (χ2v) is 4.68. The Bertz CT molecular complexity index is 649. The second-order valence-electron chi connectivity index (χ2n) is 3.82. The van der Waals surface area contributed by atoms with Gasteiger partial charge in [0.15, 0.2) is 0 Å². The fourth-order valence-electron chi connectivity index (χ4n) is 1.55. The molecular weight excluding hydrogens is 317 g/mol. The third kappa shape index (κ3) is 3.19. The number of nitrogens with zero attached hydrogens (tertiary/aromatic N) is 1. The Hall–Kier alpha value is -2.15. The number of hydrogen-bond acceptors (Lipinski definition) is 4. The van der Waals surface area contributed by atoms with Gasteiger partial charge in [-0.25, -0.2) is 4.39 Å². The molecule has 98 valence electrons. The van der Waals surface area contributed by atoms with E-state index in [2.05, 4.69) is 21.2 Å². The van der Waals surface area contributed by atoms with Gasteiger partial charge in [0, 0.05) is 29.2 Å². The smallest absolute Gasteiger partial charge is 0.273 e. The molecular formula is C12H9BrFN3O2. The Morgan fingerprint density at radius 1 is 1.21 bits per heavy atom. The molecule has 0 saturated heterocycles. The van der Waals surface area contributed by atoms with E-state index in [1.54, 1.807) is 12.1 Å². The van der Waals surface area contributed by atoms with Crippen molar-refractivity contribution in [1.29, 1.82) is 0 Å². The van der Waals surface area contributed by atoms with Crippen molar-refractivity contribution in [3.8, 4) is 0 Å². The molecule has 0 spiro atoms. The molecule has 0 bridgehead atoms. The highest BCUT2D eigenvalue weighted by molar-refractivity contribution is 9.10. The first kappa shape index (κ1) is 13.3. The van der Waals surface area contributed by atoms with E-state index in [4.69, 9.17) is 5.73 Å². The number of non-ortho nitro benzene ring substituents is 1. The molecule has 0 amide bonds. The zero-order valence-electron chi connectivity index (χ0n) is 9.56. The molecule has 0 heterocycles. The van der Waals surface area contributed by atoms with Crippen LogP contribution in [0, 0.1) is 15.9 Å². The fourth-order valence-corrected chi connectivity index (χ4v) is 1.80. The van der Waals surface area contributed by atoms with E-state index >= 15 is 0 Å². The van der Waals surface area contributed by atoms with Gasteiger partial charge in [-0.1, -0.05) is 0 Å². The van der Waals surface area contributed by atoms with E-state index in [1.165, 1.54) is 24.3 Å². The number of nitrogens with two attached hydrogens (primary N) is 1. The van der Waals surface area contributed by atoms with Crippen LogP contribution in [0.5, 0.6) is 0 Å². The monoisotopic (exact) mass is 325 g/mol. The Kier molecular flexibility index (Phi) is 3.66. The van der Waals surface area contributed by atoms with Crippen molar-refractivity contribution in [2.45, 2.75) is 0 Å². The van der Waals surface area contributed by atoms with Crippen LogP contribution in [0.25, 0.3) is 0 Å². The zero-order valence-corrected chi connectivity index (χ0v) is 11.1. The van der Waals surface area contributed by atoms with E-state index in [1.807, 2.05) is 0 Å². The molecule has 2 aromatic carbocycles. The van der Waals surface area contributed by atoms with Crippen molar-refractivity contribution in [3.05, 3.63) is 56.8 Å². The lowest BCUT2D eigenvalue weighted by Gasteiger charge is -2.08. The standard InChI is InChI=1S/C12H9BrFN3O2/c13-11-2-1-8(6-12(11)14)16-9-3-7(15)4-10(5-9)17(18)19/h1-6,16H,15H2. The molecule has 0 unspecified atom stereocenters. The van der Waals surface area contributed by atoms with Gasteiger partial charge in [-0.2, -0.15) is 0 Å². The summed E-state index contributed by atoms with van der Waals surface area (Å²) in [6, 6.07) is 8.58. The van der Waals surface area contributed by atoms with Crippen molar-refractivity contribution in [3.63, 3.8) is 0 Å². The zero-order chi connectivity index (χ0) is 14.0. The number of nitrogens with one attached hydrogen (secondary N) is 1. The summed E-state index contributed by atoms with van der Waals surface area (Å²) in [7, 11) is 0. The van der Waals surface area contributed by atoms with E-state index in [-0.39, 0.29) is 11.4 Å². The summed E-state index contributed by atoms with van der Waals surface area (Å²) in [6.45, 7) is 0. The van der Waals surface area contributed by atoms with Gasteiger partial charge in [0.1, 0.15) is 5.82 Å². The van der Waals surface area contributed by atoms with Crippen molar-refractivity contribution in [2.75, 3.05) is 11.1 Å². The Balaban J connectivity index is 2.32. The molecule has 0 radical (unpaired) electrons. The largest absolute Gasteiger partial charge is 0.398 e. The van der Waals surface area contributed by atoms with Crippen LogP contribution >= 0.6 is 15.9 Å². The minimum atomic E-state index is -0.538. The van der Waals surface area contributed by atoms with Crippen molar-refractivity contribution < 1.29 is 9.31 Å². The van der Waals surface area contributed by atoms with Crippen molar-refractivity contribution in [1.82, 2.24) is 0 Å². The summed E-state index contributed by atoms with van der Waals surface area (Å²) in [4.78, 5) is 10.2. The molecule has 2 aromatic rings. The second kappa shape index (κ2) is 5.23. The van der Waals surface area contributed by atoms with E-state index in [9.17, 15) is 14.5 Å². The van der Waals surface area contributed by atoms with Gasteiger partial charge in [-0.3, -0.25) is 10.1 Å². The molecule has 2 rings (SSSR count). The minimum Gasteiger partial charge on any atom is -0.398 e. The number of nitro benzene ring substituents is 1. The molecule has 0 fully saturated rings. The first-order valence-electron chi connectivity index (χ1n) is 5.23. The SMILES string of the molecule is Nc1cc(Nc2ccc(Br)c(F)c2)cc([N+](=O)[O-])c1. The van der Waals surface area contributed by atoms with Crippen LogP contribution in [-0.2, 0) is 0 Å². The summed E-state index contributed by atoms with van der Waals surface area (Å²) < 4.78 is 13.7. The van der Waals surface area contributed by atoms with Crippen molar-refractivity contribution in [2.24, 2.45) is 0 Å². The normalized spacial score (nSPS) is 10.2. The van der Waals surface area contributed by atoms with Crippen LogP contribution in [0.1, 0.15) is 0 Å². The molecule has 0 aliphatic carbocycles. The van der Waals surface area contributed by atoms with Crippen LogP contribution in [0.15, 0.2) is 40.9 Å². The van der Waals surface area contributed by atoms with E-state index in [0.29, 0.717) is 15.8 Å². The Morgan fingerprint density at radius 2 is 1.95 bits per heavy atom. The van der Waals surface area contributed by atoms with Gasteiger partial charge >= 0.3 is 0 Å². The Labute approximate surface area is 116 Å². The predicted octanol–water partition coefficient (Wildman–Crippen LogP) is 3.82. The summed E-state index contributed by atoms with van der Waals surface area (Å²) in [5.74, 6) is -0.427. The van der Waals surface area contributed by atoms with Crippen LogP contribution in [0.3, 0.4) is 0 Å². The Morgan fingerprint density at radius 3 is 2.58 bits per heavy atom. The van der Waals surface area contributed by atoms with E-state index < -0.39 is 10.7 Å². The number of halogens is 2. The lowest BCUT2D eigenvalue weighted by Crippen LogP contribution is -1.96. The molecule has 0 atom stereocenters. The highest BCUT2D eigenvalue weighted by Gasteiger charge is 2.09. The maximum atomic E-state index is 13.3. The van der Waals surface area contributed by atoms with Gasteiger partial charge in [-0.05, 0) is 40.2 Å².